The molecule has 0 aliphatic carbocycles. The fraction of sp³-hybridized carbons (Fsp3) is 0.0741. The van der Waals surface area contributed by atoms with Gasteiger partial charge in [0.15, 0.2) is 5.82 Å². The Bertz CT molecular complexity index is 1530. The Balaban J connectivity index is 1.70. The average Bonchev–Trinajstić information content (AvgIpc) is 2.90. The highest BCUT2D eigenvalue weighted by atomic mass is 35.5. The predicted octanol–water partition coefficient (Wildman–Crippen LogP) is 6.91. The standard InChI is InChI=1S/C27H20ClFN4O2/c1-34-19-7-10-25(35-2)20(14-19)16-5-9-24-21(12-16)27(31-18-6-8-23(29)22(28)13-18)33-26(32-24)17-4-3-11-30-15-17/h3-15H,1-2H3,(H,31,32,33). The molecule has 0 bridgehead atoms. The van der Waals surface area contributed by atoms with E-state index in [2.05, 4.69) is 10.3 Å². The lowest BCUT2D eigenvalue weighted by molar-refractivity contribution is 0.404. The molecule has 174 valence electrons. The predicted molar refractivity (Wildman–Crippen MR) is 136 cm³/mol. The van der Waals surface area contributed by atoms with Crippen molar-refractivity contribution in [2.75, 3.05) is 19.5 Å². The van der Waals surface area contributed by atoms with Crippen molar-refractivity contribution in [3.63, 3.8) is 0 Å². The third-order valence-corrected chi connectivity index (χ3v) is 5.81. The van der Waals surface area contributed by atoms with E-state index in [1.807, 2.05) is 48.5 Å². The molecule has 0 aliphatic heterocycles. The van der Waals surface area contributed by atoms with Gasteiger partial charge in [0.1, 0.15) is 23.1 Å². The van der Waals surface area contributed by atoms with Crippen molar-refractivity contribution in [3.05, 3.63) is 90.0 Å². The van der Waals surface area contributed by atoms with Crippen molar-refractivity contribution in [1.29, 1.82) is 0 Å². The maximum atomic E-state index is 13.7. The second-order valence-corrected chi connectivity index (χ2v) is 8.10. The van der Waals surface area contributed by atoms with Crippen LogP contribution in [-0.4, -0.2) is 29.2 Å². The molecule has 6 nitrogen and oxygen atoms in total. The zero-order chi connectivity index (χ0) is 24.4. The summed E-state index contributed by atoms with van der Waals surface area (Å²) < 4.78 is 24.7. The molecule has 0 fully saturated rings. The molecule has 0 aliphatic rings. The van der Waals surface area contributed by atoms with Gasteiger partial charge in [-0.25, -0.2) is 14.4 Å². The van der Waals surface area contributed by atoms with Gasteiger partial charge < -0.3 is 14.8 Å². The van der Waals surface area contributed by atoms with Crippen molar-refractivity contribution in [1.82, 2.24) is 15.0 Å². The van der Waals surface area contributed by atoms with Crippen LogP contribution >= 0.6 is 11.6 Å². The van der Waals surface area contributed by atoms with Crippen LogP contribution in [0.1, 0.15) is 0 Å². The molecule has 0 spiro atoms. The maximum Gasteiger partial charge on any atom is 0.163 e. The number of nitrogens with one attached hydrogen (secondary N) is 1. The minimum atomic E-state index is -0.492. The van der Waals surface area contributed by atoms with E-state index in [0.717, 1.165) is 27.6 Å². The molecule has 2 aromatic heterocycles. The first-order valence-electron chi connectivity index (χ1n) is 10.7. The van der Waals surface area contributed by atoms with Gasteiger partial charge in [-0.3, -0.25) is 4.98 Å². The van der Waals surface area contributed by atoms with E-state index < -0.39 is 5.82 Å². The van der Waals surface area contributed by atoms with Gasteiger partial charge >= 0.3 is 0 Å². The lowest BCUT2D eigenvalue weighted by atomic mass is 10.0. The average molecular weight is 487 g/mol. The number of methoxy groups -OCH3 is 2. The Morgan fingerprint density at radius 1 is 0.886 bits per heavy atom. The molecule has 0 amide bonds. The van der Waals surface area contributed by atoms with Crippen LogP contribution < -0.4 is 14.8 Å². The molecule has 0 atom stereocenters. The maximum absolute atomic E-state index is 13.7. The summed E-state index contributed by atoms with van der Waals surface area (Å²) in [6.07, 6.45) is 3.40. The fourth-order valence-corrected chi connectivity index (χ4v) is 3.95. The summed E-state index contributed by atoms with van der Waals surface area (Å²) in [5.74, 6) is 1.97. The smallest absolute Gasteiger partial charge is 0.163 e. The second kappa shape index (κ2) is 9.56. The molecule has 1 N–H and O–H groups in total. The Morgan fingerprint density at radius 2 is 1.77 bits per heavy atom. The lowest BCUT2D eigenvalue weighted by Gasteiger charge is -2.14. The van der Waals surface area contributed by atoms with Crippen LogP contribution in [0.2, 0.25) is 5.02 Å². The summed E-state index contributed by atoms with van der Waals surface area (Å²) >= 11 is 6.01. The van der Waals surface area contributed by atoms with Crippen LogP contribution in [-0.2, 0) is 0 Å². The second-order valence-electron chi connectivity index (χ2n) is 7.69. The molecule has 0 radical (unpaired) electrons. The van der Waals surface area contributed by atoms with Crippen molar-refractivity contribution in [3.8, 4) is 34.0 Å². The summed E-state index contributed by atoms with van der Waals surface area (Å²) in [5, 5.41) is 4.06. The van der Waals surface area contributed by atoms with E-state index >= 15 is 0 Å². The van der Waals surface area contributed by atoms with Crippen LogP contribution in [0, 0.1) is 5.82 Å². The number of pyridine rings is 1. The van der Waals surface area contributed by atoms with Crippen LogP contribution in [0.3, 0.4) is 0 Å². The molecular weight excluding hydrogens is 467 g/mol. The SMILES string of the molecule is COc1ccc(OC)c(-c2ccc3nc(-c4cccnc4)nc(Nc4ccc(F)c(Cl)c4)c3c2)c1. The lowest BCUT2D eigenvalue weighted by Crippen LogP contribution is -2.00. The summed E-state index contributed by atoms with van der Waals surface area (Å²) in [6.45, 7) is 0. The zero-order valence-corrected chi connectivity index (χ0v) is 19.7. The van der Waals surface area contributed by atoms with Gasteiger partial charge in [0.25, 0.3) is 0 Å². The molecule has 5 rings (SSSR count). The van der Waals surface area contributed by atoms with Gasteiger partial charge in [0.2, 0.25) is 0 Å². The number of hydrogen-bond donors (Lipinski definition) is 1. The summed E-state index contributed by atoms with van der Waals surface area (Å²) in [5.41, 5.74) is 3.85. The van der Waals surface area contributed by atoms with Crippen LogP contribution in [0.25, 0.3) is 33.4 Å². The number of fused-ring (bicyclic) bond motifs is 1. The highest BCUT2D eigenvalue weighted by molar-refractivity contribution is 6.31. The van der Waals surface area contributed by atoms with Gasteiger partial charge in [-0.2, -0.15) is 0 Å². The normalized spacial score (nSPS) is 10.9. The molecule has 2 heterocycles. The first-order chi connectivity index (χ1) is 17.1. The van der Waals surface area contributed by atoms with Gasteiger partial charge in [-0.15, -0.1) is 0 Å². The number of aromatic nitrogens is 3. The van der Waals surface area contributed by atoms with Crippen molar-refractivity contribution >= 4 is 34.0 Å². The van der Waals surface area contributed by atoms with E-state index in [0.29, 0.717) is 28.8 Å². The number of rotatable bonds is 6. The summed E-state index contributed by atoms with van der Waals surface area (Å²) in [4.78, 5) is 13.7. The number of halogens is 2. The fourth-order valence-electron chi connectivity index (χ4n) is 3.77. The van der Waals surface area contributed by atoms with Crippen molar-refractivity contribution < 1.29 is 13.9 Å². The molecule has 0 unspecified atom stereocenters. The van der Waals surface area contributed by atoms with E-state index in [1.54, 1.807) is 32.7 Å². The third kappa shape index (κ3) is 4.58. The van der Waals surface area contributed by atoms with Gasteiger partial charge in [-0.05, 0) is 66.2 Å². The Kier molecular flexibility index (Phi) is 6.16. The van der Waals surface area contributed by atoms with Crippen LogP contribution in [0.15, 0.2) is 79.1 Å². The number of nitrogens with zero attached hydrogens (tertiary/aromatic N) is 3. The summed E-state index contributed by atoms with van der Waals surface area (Å²) in [6, 6.07) is 19.6. The first kappa shape index (κ1) is 22.6. The zero-order valence-electron chi connectivity index (χ0n) is 18.9. The molecule has 3 aromatic carbocycles. The molecular formula is C27H20ClFN4O2. The minimum absolute atomic E-state index is 0.0163. The molecule has 0 saturated carbocycles. The Hall–Kier alpha value is -4.23. The molecule has 5 aromatic rings. The highest BCUT2D eigenvalue weighted by Gasteiger charge is 2.14. The van der Waals surface area contributed by atoms with E-state index in [-0.39, 0.29) is 5.02 Å². The number of benzene rings is 3. The van der Waals surface area contributed by atoms with Gasteiger partial charge in [-0.1, -0.05) is 17.7 Å². The van der Waals surface area contributed by atoms with Crippen molar-refractivity contribution in [2.24, 2.45) is 0 Å². The topological polar surface area (TPSA) is 69.2 Å². The third-order valence-electron chi connectivity index (χ3n) is 5.52. The molecule has 0 saturated heterocycles. The first-order valence-corrected chi connectivity index (χ1v) is 11.1. The molecule has 35 heavy (non-hydrogen) atoms. The van der Waals surface area contributed by atoms with Crippen molar-refractivity contribution in [2.45, 2.75) is 0 Å². The number of ether oxygens (including phenoxy) is 2. The number of anilines is 2. The number of hydrogen-bond acceptors (Lipinski definition) is 6. The monoisotopic (exact) mass is 486 g/mol. The van der Waals surface area contributed by atoms with E-state index in [4.69, 9.17) is 31.0 Å². The summed E-state index contributed by atoms with van der Waals surface area (Å²) in [7, 11) is 3.25. The minimum Gasteiger partial charge on any atom is -0.497 e. The van der Waals surface area contributed by atoms with Gasteiger partial charge in [0.05, 0.1) is 24.8 Å². The Labute approximate surface area is 206 Å². The quantitative estimate of drug-likeness (QED) is 0.281. The van der Waals surface area contributed by atoms with Gasteiger partial charge in [0, 0.05) is 34.6 Å². The Morgan fingerprint density at radius 3 is 2.51 bits per heavy atom. The van der Waals surface area contributed by atoms with Crippen LogP contribution in [0.5, 0.6) is 11.5 Å². The van der Waals surface area contributed by atoms with Crippen LogP contribution in [0.4, 0.5) is 15.9 Å². The van der Waals surface area contributed by atoms with E-state index in [9.17, 15) is 4.39 Å². The highest BCUT2D eigenvalue weighted by Crippen LogP contribution is 2.37. The molecule has 8 heteroatoms. The van der Waals surface area contributed by atoms with E-state index in [1.165, 1.54) is 12.1 Å². The largest absolute Gasteiger partial charge is 0.497 e.